The third kappa shape index (κ3) is 3.74. The zero-order valence-corrected chi connectivity index (χ0v) is 17.1. The van der Waals surface area contributed by atoms with Gasteiger partial charge < -0.3 is 9.88 Å². The number of nitrogens with zero attached hydrogens (tertiary/aromatic N) is 4. The summed E-state index contributed by atoms with van der Waals surface area (Å²) in [6.45, 7) is 4.16. The molecule has 0 aliphatic rings. The second kappa shape index (κ2) is 7.47. The summed E-state index contributed by atoms with van der Waals surface area (Å²) in [6.07, 6.45) is 7.10. The van der Waals surface area contributed by atoms with Crippen LogP contribution in [0.1, 0.15) is 19.9 Å². The van der Waals surface area contributed by atoms with E-state index in [4.69, 9.17) is 5.14 Å². The number of hydrogen-bond acceptors (Lipinski definition) is 6. The Bertz CT molecular complexity index is 1350. The lowest BCUT2D eigenvalue weighted by molar-refractivity contribution is 0.593. The lowest BCUT2D eigenvalue weighted by atomic mass is 10.1. The first-order chi connectivity index (χ1) is 14.2. The minimum Gasteiger partial charge on any atom is -0.343 e. The van der Waals surface area contributed by atoms with Crippen LogP contribution in [0.4, 0.5) is 16.0 Å². The molecule has 3 heterocycles. The molecule has 0 bridgehead atoms. The quantitative estimate of drug-likeness (QED) is 0.504. The maximum Gasteiger partial charge on any atom is 0.238 e. The van der Waals surface area contributed by atoms with Crippen LogP contribution in [0.15, 0.2) is 60.0 Å². The average Bonchev–Trinajstić information content (AvgIpc) is 3.09. The van der Waals surface area contributed by atoms with Crippen molar-refractivity contribution in [1.82, 2.24) is 19.5 Å². The number of fused-ring (bicyclic) bond motifs is 1. The van der Waals surface area contributed by atoms with E-state index in [0.29, 0.717) is 5.69 Å². The Kier molecular flexibility index (Phi) is 4.96. The summed E-state index contributed by atoms with van der Waals surface area (Å²) >= 11 is 0. The Labute approximate surface area is 172 Å². The highest BCUT2D eigenvalue weighted by Crippen LogP contribution is 2.31. The second-order valence-corrected chi connectivity index (χ2v) is 8.58. The summed E-state index contributed by atoms with van der Waals surface area (Å²) in [4.78, 5) is 12.6. The zero-order chi connectivity index (χ0) is 21.5. The molecule has 0 atom stereocenters. The van der Waals surface area contributed by atoms with E-state index in [1.165, 1.54) is 12.1 Å². The number of hydrogen-bond donors (Lipinski definition) is 2. The molecule has 4 rings (SSSR count). The van der Waals surface area contributed by atoms with Crippen molar-refractivity contribution in [3.8, 4) is 11.3 Å². The minimum absolute atomic E-state index is 0.0355. The van der Waals surface area contributed by atoms with Gasteiger partial charge in [0.05, 0.1) is 28.0 Å². The topological polar surface area (TPSA) is 116 Å². The van der Waals surface area contributed by atoms with Crippen molar-refractivity contribution >= 4 is 32.6 Å². The van der Waals surface area contributed by atoms with Gasteiger partial charge in [0, 0.05) is 35.6 Å². The van der Waals surface area contributed by atoms with Crippen LogP contribution in [0, 0.1) is 5.82 Å². The first-order valence-corrected chi connectivity index (χ1v) is 10.7. The molecule has 0 amide bonds. The van der Waals surface area contributed by atoms with Crippen LogP contribution >= 0.6 is 0 Å². The van der Waals surface area contributed by atoms with Crippen molar-refractivity contribution in [2.45, 2.75) is 24.8 Å². The van der Waals surface area contributed by atoms with E-state index in [0.717, 1.165) is 22.5 Å². The molecule has 3 N–H and O–H groups in total. The maximum atomic E-state index is 14.3. The van der Waals surface area contributed by atoms with Crippen molar-refractivity contribution in [1.29, 1.82) is 0 Å². The van der Waals surface area contributed by atoms with Gasteiger partial charge in [0.2, 0.25) is 16.0 Å². The molecule has 30 heavy (non-hydrogen) atoms. The van der Waals surface area contributed by atoms with Crippen LogP contribution in [-0.2, 0) is 10.0 Å². The molecule has 1 aromatic carbocycles. The molecule has 0 saturated heterocycles. The summed E-state index contributed by atoms with van der Waals surface area (Å²) < 4.78 is 39.2. The number of rotatable bonds is 5. The van der Waals surface area contributed by atoms with E-state index in [9.17, 15) is 12.8 Å². The number of benzene rings is 1. The van der Waals surface area contributed by atoms with Gasteiger partial charge in [0.15, 0.2) is 0 Å². The van der Waals surface area contributed by atoms with Crippen LogP contribution in [0.5, 0.6) is 0 Å². The molecule has 0 saturated carbocycles. The summed E-state index contributed by atoms with van der Waals surface area (Å²) in [7, 11) is -3.99. The van der Waals surface area contributed by atoms with E-state index in [1.54, 1.807) is 18.5 Å². The van der Waals surface area contributed by atoms with Gasteiger partial charge in [-0.3, -0.25) is 4.98 Å². The number of nitrogens with two attached hydrogens (primary N) is 1. The first-order valence-electron chi connectivity index (χ1n) is 9.11. The molecule has 8 nitrogen and oxygen atoms in total. The molecule has 0 spiro atoms. The number of halogens is 1. The predicted molar refractivity (Wildman–Crippen MR) is 112 cm³/mol. The largest absolute Gasteiger partial charge is 0.343 e. The summed E-state index contributed by atoms with van der Waals surface area (Å²) in [5, 5.41) is 8.81. The van der Waals surface area contributed by atoms with Crippen LogP contribution in [0.25, 0.3) is 22.2 Å². The predicted octanol–water partition coefficient (Wildman–Crippen LogP) is 3.60. The molecule has 4 aromatic rings. The third-order valence-corrected chi connectivity index (χ3v) is 5.55. The molecule has 3 aromatic heterocycles. The Morgan fingerprint density at radius 3 is 2.67 bits per heavy atom. The molecule has 10 heteroatoms. The van der Waals surface area contributed by atoms with Crippen LogP contribution in [0.2, 0.25) is 0 Å². The van der Waals surface area contributed by atoms with Gasteiger partial charge in [-0.1, -0.05) is 0 Å². The summed E-state index contributed by atoms with van der Waals surface area (Å²) in [5.74, 6) is -0.604. The van der Waals surface area contributed by atoms with Gasteiger partial charge >= 0.3 is 0 Å². The number of nitrogens with one attached hydrogen (secondary N) is 1. The molecule has 0 unspecified atom stereocenters. The van der Waals surface area contributed by atoms with E-state index in [-0.39, 0.29) is 22.6 Å². The molecular formula is C20H19FN6O2S. The Hall–Kier alpha value is -3.37. The summed E-state index contributed by atoms with van der Waals surface area (Å²) in [6, 6.07) is 7.27. The smallest absolute Gasteiger partial charge is 0.238 e. The van der Waals surface area contributed by atoms with Gasteiger partial charge in [-0.15, -0.1) is 0 Å². The number of pyridine rings is 1. The highest BCUT2D eigenvalue weighted by atomic mass is 32.2. The minimum atomic E-state index is -3.99. The fraction of sp³-hybridized carbons (Fsp3) is 0.150. The van der Waals surface area contributed by atoms with Gasteiger partial charge in [-0.25, -0.2) is 27.9 Å². The average molecular weight is 426 g/mol. The SMILES string of the molecule is CC(C)n1cc(-c2ccnc(Nc3ccc(S(N)(=O)=O)cc3F)n2)c2ccncc21. The lowest BCUT2D eigenvalue weighted by Crippen LogP contribution is -2.12. The van der Waals surface area contributed by atoms with Gasteiger partial charge in [0.25, 0.3) is 0 Å². The van der Waals surface area contributed by atoms with Gasteiger partial charge in [-0.05, 0) is 44.2 Å². The van der Waals surface area contributed by atoms with E-state index >= 15 is 0 Å². The van der Waals surface area contributed by atoms with Crippen LogP contribution in [0.3, 0.4) is 0 Å². The Balaban J connectivity index is 1.72. The number of primary sulfonamides is 1. The standard InChI is InChI=1S/C20H19FN6O2S/c1-12(2)27-11-15(14-5-7-23-10-19(14)27)17-6-8-24-20(25-17)26-18-4-3-13(9-16(18)21)30(22,28)29/h3-12H,1-2H3,(H2,22,28,29)(H,24,25,26). The van der Waals surface area contributed by atoms with Crippen LogP contribution < -0.4 is 10.5 Å². The first kappa shape index (κ1) is 19.9. The molecular weight excluding hydrogens is 407 g/mol. The monoisotopic (exact) mass is 426 g/mol. The third-order valence-electron chi connectivity index (χ3n) is 4.64. The van der Waals surface area contributed by atoms with Gasteiger partial charge in [0.1, 0.15) is 5.82 Å². The second-order valence-electron chi connectivity index (χ2n) is 7.01. The van der Waals surface area contributed by atoms with Gasteiger partial charge in [-0.2, -0.15) is 0 Å². The molecule has 154 valence electrons. The maximum absolute atomic E-state index is 14.3. The van der Waals surface area contributed by atoms with Crippen molar-refractivity contribution in [3.05, 3.63) is 60.9 Å². The zero-order valence-electron chi connectivity index (χ0n) is 16.2. The number of sulfonamides is 1. The fourth-order valence-electron chi connectivity index (χ4n) is 3.19. The number of aromatic nitrogens is 4. The summed E-state index contributed by atoms with van der Waals surface area (Å²) in [5.41, 5.74) is 2.58. The molecule has 0 radical (unpaired) electrons. The Morgan fingerprint density at radius 2 is 1.97 bits per heavy atom. The lowest BCUT2D eigenvalue weighted by Gasteiger charge is -2.08. The molecule has 0 aliphatic heterocycles. The van der Waals surface area contributed by atoms with Crippen molar-refractivity contribution in [2.24, 2.45) is 5.14 Å². The molecule has 0 aliphatic carbocycles. The van der Waals surface area contributed by atoms with E-state index in [2.05, 4.69) is 38.7 Å². The van der Waals surface area contributed by atoms with E-state index < -0.39 is 15.8 Å². The normalized spacial score (nSPS) is 11.9. The van der Waals surface area contributed by atoms with Crippen molar-refractivity contribution in [3.63, 3.8) is 0 Å². The van der Waals surface area contributed by atoms with E-state index in [1.807, 2.05) is 18.5 Å². The van der Waals surface area contributed by atoms with Crippen molar-refractivity contribution < 1.29 is 12.8 Å². The van der Waals surface area contributed by atoms with Crippen LogP contribution in [-0.4, -0.2) is 27.9 Å². The Morgan fingerprint density at radius 1 is 1.17 bits per heavy atom. The highest BCUT2D eigenvalue weighted by Gasteiger charge is 2.15. The van der Waals surface area contributed by atoms with Crippen molar-refractivity contribution in [2.75, 3.05) is 5.32 Å². The fourth-order valence-corrected chi connectivity index (χ4v) is 3.72. The highest BCUT2D eigenvalue weighted by molar-refractivity contribution is 7.89. The number of anilines is 2. The molecule has 0 fully saturated rings.